The van der Waals surface area contributed by atoms with Gasteiger partial charge in [0.1, 0.15) is 55.1 Å². The Morgan fingerprint density at radius 3 is 2.18 bits per heavy atom. The van der Waals surface area contributed by atoms with Crippen LogP contribution < -0.4 is 0 Å². The molecule has 0 spiro atoms. The molecule has 4 unspecified atom stereocenters. The molecule has 0 aromatic rings. The molecular formula is C63H97NO25. The Bertz CT molecular complexity index is 2520. The fourth-order valence-electron chi connectivity index (χ4n) is 12.9. The largest absolute Gasteiger partial charge is 0.511 e. The molecule has 26 nitrogen and oxygen atoms in total. The number of ether oxygens (including phenoxy) is 10. The molecule has 0 aromatic carbocycles. The van der Waals surface area contributed by atoms with Crippen LogP contribution in [0.1, 0.15) is 126 Å². The first kappa shape index (κ1) is 73.6. The Labute approximate surface area is 520 Å². The van der Waals surface area contributed by atoms with Gasteiger partial charge < -0.3 is 98.2 Å². The maximum atomic E-state index is 14.7. The van der Waals surface area contributed by atoms with Crippen molar-refractivity contribution in [2.24, 2.45) is 35.5 Å². The highest BCUT2D eigenvalue weighted by atomic mass is 16.8. The van der Waals surface area contributed by atoms with Gasteiger partial charge in [-0.3, -0.25) is 19.2 Å². The number of fused-ring (bicyclic) bond motifs is 3. The Balaban J connectivity index is 1.34. The molecule has 5 heterocycles. The van der Waals surface area contributed by atoms with E-state index in [1.807, 2.05) is 32.9 Å². The second-order valence-electron chi connectivity index (χ2n) is 25.3. The lowest BCUT2D eigenvalue weighted by atomic mass is 9.78. The van der Waals surface area contributed by atoms with Crippen molar-refractivity contribution in [2.45, 2.75) is 235 Å². The molecule has 24 atom stereocenters. The molecule has 2 bridgehead atoms. The van der Waals surface area contributed by atoms with E-state index in [2.05, 4.69) is 0 Å². The van der Waals surface area contributed by atoms with Crippen LogP contribution in [0.2, 0.25) is 0 Å². The van der Waals surface area contributed by atoms with E-state index in [4.69, 9.17) is 47.4 Å². The number of esters is 1. The second-order valence-corrected chi connectivity index (χ2v) is 25.3. The molecule has 5 fully saturated rings. The minimum atomic E-state index is -2.77. The number of cyclic esters (lactones) is 1. The molecule has 504 valence electrons. The predicted molar refractivity (Wildman–Crippen MR) is 312 cm³/mol. The highest BCUT2D eigenvalue weighted by molar-refractivity contribution is 6.39. The van der Waals surface area contributed by atoms with E-state index in [0.717, 1.165) is 10.5 Å². The number of ketones is 3. The first-order valence-electron chi connectivity index (χ1n) is 31.1. The number of hydrogen-bond donors (Lipinski definition) is 9. The normalized spacial score (nSPS) is 43.1. The lowest BCUT2D eigenvalue weighted by Gasteiger charge is -2.46. The van der Waals surface area contributed by atoms with Gasteiger partial charge in [-0.15, -0.1) is 0 Å². The van der Waals surface area contributed by atoms with E-state index in [9.17, 15) is 74.7 Å². The predicted octanol–water partition coefficient (Wildman–Crippen LogP) is 1.92. The number of methoxy groups -OCH3 is 3. The third-order valence-electron chi connectivity index (χ3n) is 18.6. The molecule has 1 aliphatic carbocycles. The van der Waals surface area contributed by atoms with Crippen LogP contribution >= 0.6 is 0 Å². The molecule has 5 aliphatic heterocycles. The summed E-state index contributed by atoms with van der Waals surface area (Å²) in [6.45, 7) is 9.71. The summed E-state index contributed by atoms with van der Waals surface area (Å²) in [5.41, 5.74) is 0.864. The SMILES string of the molecule is CO[C@H]1C[C@@H]2CC[C@@H](C)[C@@](O)(O2)C(=O)C(=O)N2CCCCC2C(=O)O[C@H]([C@H](C)CC2CC[C@@H](O)[C@H](OC)C2)CC(=O)[C@H](C)/C=C(\C)[C@@H](OC(=O)O[C@]2(CO)OCC(OC3O[C@H](O)[C@@H](O)[C@H](O)[C@H]3O)[C@H](O)[C@H]2O)[C@@H](OC)C(=O)[C@H](C)C[C@H](C)/C=C/C=C/C=C/1C. The Hall–Kier alpha value is -4.46. The van der Waals surface area contributed by atoms with Crippen molar-refractivity contribution in [3.05, 3.63) is 47.6 Å². The Morgan fingerprint density at radius 1 is 0.787 bits per heavy atom. The van der Waals surface area contributed by atoms with Crippen LogP contribution in [0.15, 0.2) is 47.6 Å². The minimum absolute atomic E-state index is 0.0148. The van der Waals surface area contributed by atoms with E-state index in [1.54, 1.807) is 32.1 Å². The average Bonchev–Trinajstić information content (AvgIpc) is 0.852. The summed E-state index contributed by atoms with van der Waals surface area (Å²) in [5, 5.41) is 96.5. The molecule has 89 heavy (non-hydrogen) atoms. The van der Waals surface area contributed by atoms with Crippen LogP contribution in [0, 0.1) is 35.5 Å². The maximum Gasteiger partial charge on any atom is 0.511 e. The molecule has 6 rings (SSSR count). The quantitative estimate of drug-likeness (QED) is 0.0810. The molecule has 1 saturated carbocycles. The molecule has 1 amide bonds. The topological polar surface area (TPSA) is 380 Å². The molecule has 4 saturated heterocycles. The van der Waals surface area contributed by atoms with E-state index >= 15 is 0 Å². The monoisotopic (exact) mass is 1270 g/mol. The van der Waals surface area contributed by atoms with Gasteiger partial charge in [0.15, 0.2) is 36.7 Å². The summed E-state index contributed by atoms with van der Waals surface area (Å²) in [6, 6.07) is -1.28. The number of nitrogens with zero attached hydrogens (tertiary/aromatic N) is 1. The van der Waals surface area contributed by atoms with Crippen LogP contribution in [0.3, 0.4) is 0 Å². The average molecular weight is 1270 g/mol. The number of rotatable bonds is 11. The van der Waals surface area contributed by atoms with E-state index in [0.29, 0.717) is 51.4 Å². The smallest absolute Gasteiger partial charge is 0.460 e. The number of amides is 1. The lowest BCUT2D eigenvalue weighted by Crippen LogP contribution is -2.66. The first-order chi connectivity index (χ1) is 42.0. The number of carbonyl (C=O) groups excluding carboxylic acids is 6. The van der Waals surface area contributed by atoms with Crippen molar-refractivity contribution >= 4 is 35.4 Å². The van der Waals surface area contributed by atoms with Gasteiger partial charge in [-0.1, -0.05) is 71.1 Å². The second kappa shape index (κ2) is 32.9. The van der Waals surface area contributed by atoms with Crippen LogP contribution in [-0.4, -0.2) is 237 Å². The number of Topliss-reactive ketones (excluding diaryl/α,β-unsaturated/α-hetero) is 3. The van der Waals surface area contributed by atoms with Gasteiger partial charge in [0.05, 0.1) is 31.0 Å². The summed E-state index contributed by atoms with van der Waals surface area (Å²) in [5.74, 6) is -13.0. The van der Waals surface area contributed by atoms with E-state index < -0.39 is 188 Å². The zero-order valence-corrected chi connectivity index (χ0v) is 52.8. The molecule has 6 aliphatic rings. The van der Waals surface area contributed by atoms with Crippen LogP contribution in [-0.2, 0) is 71.3 Å². The zero-order valence-electron chi connectivity index (χ0n) is 52.8. The van der Waals surface area contributed by atoms with E-state index in [-0.39, 0.29) is 43.2 Å². The Morgan fingerprint density at radius 2 is 1.51 bits per heavy atom. The molecule has 0 radical (unpaired) electrons. The van der Waals surface area contributed by atoms with Gasteiger partial charge in [0.2, 0.25) is 5.79 Å². The number of aliphatic hydroxyl groups excluding tert-OH is 8. The molecule has 26 heteroatoms. The van der Waals surface area contributed by atoms with Crippen LogP contribution in [0.25, 0.3) is 0 Å². The highest BCUT2D eigenvalue weighted by Crippen LogP contribution is 2.39. The zero-order chi connectivity index (χ0) is 65.8. The van der Waals surface area contributed by atoms with Gasteiger partial charge in [-0.25, -0.2) is 9.59 Å². The van der Waals surface area contributed by atoms with Crippen molar-refractivity contribution in [3.63, 3.8) is 0 Å². The van der Waals surface area contributed by atoms with Gasteiger partial charge in [0.25, 0.3) is 17.5 Å². The first-order valence-corrected chi connectivity index (χ1v) is 31.1. The van der Waals surface area contributed by atoms with Gasteiger partial charge >= 0.3 is 12.1 Å². The highest BCUT2D eigenvalue weighted by Gasteiger charge is 2.57. The van der Waals surface area contributed by atoms with Crippen molar-refractivity contribution < 1.29 is 122 Å². The number of allylic oxidation sites excluding steroid dienone is 6. The van der Waals surface area contributed by atoms with Gasteiger partial charge in [0, 0.05) is 58.5 Å². The maximum absolute atomic E-state index is 14.7. The van der Waals surface area contributed by atoms with Crippen molar-refractivity contribution in [1.29, 1.82) is 0 Å². The number of carbonyl (C=O) groups is 6. The number of hydrogen-bond acceptors (Lipinski definition) is 25. The van der Waals surface area contributed by atoms with E-state index in [1.165, 1.54) is 41.3 Å². The van der Waals surface area contributed by atoms with Crippen molar-refractivity contribution in [2.75, 3.05) is 41.1 Å². The van der Waals surface area contributed by atoms with Crippen molar-refractivity contribution in [3.8, 4) is 0 Å². The summed E-state index contributed by atoms with van der Waals surface area (Å²) in [7, 11) is 4.23. The van der Waals surface area contributed by atoms with Gasteiger partial charge in [-0.05, 0) is 107 Å². The molecule has 9 N–H and O–H groups in total. The third kappa shape index (κ3) is 18.0. The molecular weight excluding hydrogens is 1170 g/mol. The number of piperidine rings is 1. The summed E-state index contributed by atoms with van der Waals surface area (Å²) in [4.78, 5) is 88.2. The summed E-state index contributed by atoms with van der Waals surface area (Å²) in [6.07, 6.45) is -9.88. The third-order valence-corrected chi connectivity index (χ3v) is 18.6. The fourth-order valence-corrected chi connectivity index (χ4v) is 12.9. The van der Waals surface area contributed by atoms with Gasteiger partial charge in [-0.2, -0.15) is 0 Å². The lowest BCUT2D eigenvalue weighted by molar-refractivity contribution is -0.381. The minimum Gasteiger partial charge on any atom is -0.460 e. The Kier molecular flexibility index (Phi) is 27.2. The number of aliphatic hydroxyl groups is 9. The summed E-state index contributed by atoms with van der Waals surface area (Å²) < 4.78 is 57.2. The summed E-state index contributed by atoms with van der Waals surface area (Å²) >= 11 is 0. The van der Waals surface area contributed by atoms with Crippen LogP contribution in [0.5, 0.6) is 0 Å². The fraction of sp³-hybridized carbons (Fsp3) is 0.778. The van der Waals surface area contributed by atoms with Crippen LogP contribution in [0.4, 0.5) is 4.79 Å². The standard InChI is InChI=1S/C63H97NO25/c1-32-16-12-11-13-17-33(2)44(80-8)28-40-21-19-38(7)63(79,88-40)56(74)57(75)64-23-15-14-18-41(64)58(76)84-45(35(4)26-39-20-22-42(66)46(27-39)81-9)29-43(67)34(3)25-37(6)53(54(82-10)48(68)36(5)24-32)86-61(78)89-62(31-65)55(73)49(69)47(30-83-62)85-60-52(72)50(70)51(71)59(77)87-60/h11-13,16-17,25,32,34-36,38-42,44-47,49-55,59-60,65-66,69-73,77,79H,14-15,18-24,26-31H2,1-10H3/b13-11+,16-12+,33-17+,37-25+/t32-,34-,35-,36-,38-,39?,40+,41?,42-,44+,45+,46-,47?,49+,50+,51+,52-,53-,54+,55-,59+,60?,62+,63-/m1/s1. The van der Waals surface area contributed by atoms with Crippen molar-refractivity contribution in [1.82, 2.24) is 4.90 Å². The molecule has 0 aromatic heterocycles.